The molecule has 2 aliphatic heterocycles. The largest absolute Gasteiger partial charge is 0.509 e. The van der Waals surface area contributed by atoms with Gasteiger partial charge >= 0.3 is 0 Å². The molecular formula is C81H90BN4OPt-3. The van der Waals surface area contributed by atoms with Gasteiger partial charge in [0.15, 0.2) is 6.71 Å². The maximum Gasteiger partial charge on any atom is 0.181 e. The number of benzene rings is 8. The zero-order valence-corrected chi connectivity index (χ0v) is 58.5. The SMILES string of the molecule is Cc1cc(C)c(B2c3ccc(Oc4[c-]c(N5[CH-]N(c6c(-c7cc(C(C)(C)C)ccc7C(C)(C)C)cc(C(C)(C)C)cc6-c6cc(C(C)(C)C)ccc6C(C)(C)C)c6ccccc65)ccc4)[c-]c3N(c3cc(C(C)(C)C)ccn3)c3ccccc32)c(C)c1.[Pt]. The number of para-hydroxylation sites is 3. The molecule has 0 N–H and O–H groups in total. The second-order valence-electron chi connectivity index (χ2n) is 31.0. The van der Waals surface area contributed by atoms with Gasteiger partial charge in [0, 0.05) is 72.6 Å². The molecule has 8 aromatic carbocycles. The normalized spacial score (nSPS) is 13.7. The molecule has 0 spiro atoms. The molecule has 0 radical (unpaired) electrons. The second-order valence-corrected chi connectivity index (χ2v) is 31.0. The van der Waals surface area contributed by atoms with E-state index in [1.165, 1.54) is 83.3 Å². The van der Waals surface area contributed by atoms with Gasteiger partial charge < -0.3 is 19.4 Å². The Labute approximate surface area is 543 Å². The van der Waals surface area contributed by atoms with E-state index in [0.717, 1.165) is 45.4 Å². The van der Waals surface area contributed by atoms with Crippen molar-refractivity contribution in [3.63, 3.8) is 0 Å². The van der Waals surface area contributed by atoms with E-state index in [-0.39, 0.29) is 60.3 Å². The van der Waals surface area contributed by atoms with Crippen molar-refractivity contribution in [1.82, 2.24) is 4.98 Å². The fourth-order valence-corrected chi connectivity index (χ4v) is 13.1. The summed E-state index contributed by atoms with van der Waals surface area (Å²) >= 11 is 0. The summed E-state index contributed by atoms with van der Waals surface area (Å²) in [7, 11) is 0. The molecule has 0 fully saturated rings. The Hall–Kier alpha value is -7.14. The van der Waals surface area contributed by atoms with Crippen LogP contribution in [0.1, 0.15) is 175 Å². The molecule has 11 rings (SSSR count). The van der Waals surface area contributed by atoms with E-state index in [9.17, 15) is 0 Å². The first-order valence-corrected chi connectivity index (χ1v) is 31.4. The summed E-state index contributed by atoms with van der Waals surface area (Å²) in [4.78, 5) is 12.2. The molecule has 9 aromatic rings. The second kappa shape index (κ2) is 23.0. The third-order valence-corrected chi connectivity index (χ3v) is 17.9. The van der Waals surface area contributed by atoms with Crippen molar-refractivity contribution in [2.24, 2.45) is 0 Å². The smallest absolute Gasteiger partial charge is 0.181 e. The van der Waals surface area contributed by atoms with Gasteiger partial charge in [-0.1, -0.05) is 237 Å². The van der Waals surface area contributed by atoms with Crippen LogP contribution in [0.25, 0.3) is 22.3 Å². The van der Waals surface area contributed by atoms with E-state index in [0.29, 0.717) is 11.5 Å². The number of aromatic nitrogens is 1. The van der Waals surface area contributed by atoms with Gasteiger partial charge in [-0.3, -0.25) is 0 Å². The Morgan fingerprint density at radius 2 is 0.920 bits per heavy atom. The molecule has 1 aromatic heterocycles. The Balaban J connectivity index is 0.00000855. The van der Waals surface area contributed by atoms with E-state index >= 15 is 0 Å². The van der Waals surface area contributed by atoms with Crippen molar-refractivity contribution in [3.8, 4) is 33.8 Å². The molecule has 456 valence electrons. The van der Waals surface area contributed by atoms with Gasteiger partial charge in [0.05, 0.1) is 0 Å². The van der Waals surface area contributed by atoms with Gasteiger partial charge in [-0.2, -0.15) is 12.1 Å². The fraction of sp³-hybridized carbons (Fsp3) is 0.333. The van der Waals surface area contributed by atoms with Crippen LogP contribution in [0.5, 0.6) is 11.5 Å². The Morgan fingerprint density at radius 3 is 1.45 bits per heavy atom. The van der Waals surface area contributed by atoms with Gasteiger partial charge in [0.1, 0.15) is 5.82 Å². The molecule has 0 saturated carbocycles. The number of hydrogen-bond acceptors (Lipinski definition) is 5. The summed E-state index contributed by atoms with van der Waals surface area (Å²) in [6, 6.07) is 64.4. The maximum atomic E-state index is 7.05. The van der Waals surface area contributed by atoms with Crippen molar-refractivity contribution in [2.75, 3.05) is 14.7 Å². The van der Waals surface area contributed by atoms with Gasteiger partial charge in [0.25, 0.3) is 0 Å². The van der Waals surface area contributed by atoms with E-state index < -0.39 is 0 Å². The number of hydrogen-bond donors (Lipinski definition) is 0. The Kier molecular flexibility index (Phi) is 16.7. The molecule has 0 aliphatic carbocycles. The topological polar surface area (TPSA) is 31.8 Å². The zero-order chi connectivity index (χ0) is 62.7. The zero-order valence-electron chi connectivity index (χ0n) is 56.2. The molecule has 2 aliphatic rings. The number of aryl methyl sites for hydroxylation is 3. The van der Waals surface area contributed by atoms with Crippen LogP contribution in [-0.2, 0) is 53.6 Å². The van der Waals surface area contributed by atoms with Crippen LogP contribution in [0.4, 0.5) is 39.9 Å². The van der Waals surface area contributed by atoms with Gasteiger partial charge in [-0.15, -0.1) is 48.2 Å². The van der Waals surface area contributed by atoms with Crippen molar-refractivity contribution in [2.45, 2.75) is 178 Å². The summed E-state index contributed by atoms with van der Waals surface area (Å²) in [5, 5.41) is 0. The summed E-state index contributed by atoms with van der Waals surface area (Å²) in [6.45, 7) is 50.9. The summed E-state index contributed by atoms with van der Waals surface area (Å²) in [6.07, 6.45) is 1.94. The van der Waals surface area contributed by atoms with Crippen molar-refractivity contribution >= 4 is 63.0 Å². The Morgan fingerprint density at radius 1 is 0.432 bits per heavy atom. The number of rotatable bonds is 8. The fourth-order valence-electron chi connectivity index (χ4n) is 13.1. The van der Waals surface area contributed by atoms with Crippen LogP contribution in [0, 0.1) is 39.6 Å². The number of ether oxygens (including phenoxy) is 1. The molecular weight excluding hydrogens is 1250 g/mol. The molecule has 88 heavy (non-hydrogen) atoms. The summed E-state index contributed by atoms with van der Waals surface area (Å²) in [5.41, 5.74) is 25.5. The van der Waals surface area contributed by atoms with Gasteiger partial charge in [0.2, 0.25) is 0 Å². The molecule has 0 amide bonds. The molecule has 0 unspecified atom stereocenters. The molecule has 0 atom stereocenters. The van der Waals surface area contributed by atoms with Crippen LogP contribution in [0.2, 0.25) is 0 Å². The van der Waals surface area contributed by atoms with Crippen LogP contribution in [0.15, 0.2) is 158 Å². The third-order valence-electron chi connectivity index (χ3n) is 17.9. The number of pyridine rings is 1. The predicted octanol–water partition coefficient (Wildman–Crippen LogP) is 20.2. The summed E-state index contributed by atoms with van der Waals surface area (Å²) in [5.74, 6) is 2.02. The standard InChI is InChI=1S/C81H90BN4O.Pt/c1-51-41-52(2)74(53(3)42-51)82-67-29-22-23-30-69(67)86(73-47-56(39-40-83-73)78(10,11)12)72-49-60(35-38-68(72)82)87-59-28-26-27-58(48-59)84-50-85(71-32-25-24-31-70(71)84)75-63(61-43-54(76(4,5)6)33-36-65(61)80(16,17)18)45-57(79(13,14)15)46-64(75)62-44-55(77(7,8)9)34-37-66(62)81(19,20)21;/h22-47,50H,1-21H3;/q-3;. The van der Waals surface area contributed by atoms with Crippen molar-refractivity contribution in [1.29, 1.82) is 0 Å². The van der Waals surface area contributed by atoms with Crippen LogP contribution in [-0.4, -0.2) is 11.7 Å². The van der Waals surface area contributed by atoms with E-state index in [1.807, 2.05) is 12.3 Å². The first kappa shape index (κ1) is 63.9. The first-order chi connectivity index (χ1) is 40.7. The summed E-state index contributed by atoms with van der Waals surface area (Å²) < 4.78 is 7.05. The van der Waals surface area contributed by atoms with E-state index in [1.54, 1.807) is 0 Å². The van der Waals surface area contributed by atoms with Crippen LogP contribution in [0.3, 0.4) is 0 Å². The minimum Gasteiger partial charge on any atom is -0.509 e. The first-order valence-electron chi connectivity index (χ1n) is 31.4. The number of fused-ring (bicyclic) bond motifs is 3. The Bertz CT molecular complexity index is 4010. The van der Waals surface area contributed by atoms with Crippen molar-refractivity contribution in [3.05, 3.63) is 227 Å². The number of nitrogens with zero attached hydrogens (tertiary/aromatic N) is 4. The van der Waals surface area contributed by atoms with E-state index in [4.69, 9.17) is 9.72 Å². The molecule has 5 nitrogen and oxygen atoms in total. The maximum absolute atomic E-state index is 7.05. The molecule has 0 saturated heterocycles. The van der Waals surface area contributed by atoms with Crippen molar-refractivity contribution < 1.29 is 25.8 Å². The van der Waals surface area contributed by atoms with Crippen LogP contribution < -0.4 is 35.8 Å². The minimum absolute atomic E-state index is 0. The molecule has 3 heterocycles. The number of anilines is 7. The average Bonchev–Trinajstić information content (AvgIpc) is 1.21. The van der Waals surface area contributed by atoms with Gasteiger partial charge in [-0.05, 0) is 140 Å². The quantitative estimate of drug-likeness (QED) is 0.112. The molecule has 0 bridgehead atoms. The van der Waals surface area contributed by atoms with E-state index in [2.05, 4.69) is 324 Å². The monoisotopic (exact) mass is 1340 g/mol. The minimum atomic E-state index is -0.170. The van der Waals surface area contributed by atoms with Gasteiger partial charge in [-0.25, -0.2) is 4.98 Å². The average molecular weight is 1340 g/mol. The third kappa shape index (κ3) is 12.2. The van der Waals surface area contributed by atoms with Crippen LogP contribution >= 0.6 is 0 Å². The molecule has 7 heteroatoms. The predicted molar refractivity (Wildman–Crippen MR) is 373 cm³/mol.